The van der Waals surface area contributed by atoms with Gasteiger partial charge in [0.05, 0.1) is 10.6 Å². The lowest BCUT2D eigenvalue weighted by atomic mass is 10.2. The summed E-state index contributed by atoms with van der Waals surface area (Å²) in [6, 6.07) is 7.67. The van der Waals surface area contributed by atoms with Crippen molar-refractivity contribution in [2.75, 3.05) is 5.32 Å². The SMILES string of the molecule is CC(C)n1cc(Cl)cc1C(=O)Nc1ccc(C(=O)O)cc1. The Labute approximate surface area is 127 Å². The molecule has 0 spiro atoms. The summed E-state index contributed by atoms with van der Waals surface area (Å²) in [4.78, 5) is 23.0. The molecule has 2 N–H and O–H groups in total. The molecular formula is C15H15ClN2O3. The summed E-state index contributed by atoms with van der Waals surface area (Å²) in [5.41, 5.74) is 1.15. The van der Waals surface area contributed by atoms with Gasteiger partial charge in [-0.15, -0.1) is 0 Å². The largest absolute Gasteiger partial charge is 0.478 e. The molecule has 5 nitrogen and oxygen atoms in total. The minimum atomic E-state index is -1.01. The highest BCUT2D eigenvalue weighted by molar-refractivity contribution is 6.31. The average molecular weight is 307 g/mol. The number of nitrogens with one attached hydrogen (secondary N) is 1. The van der Waals surface area contributed by atoms with Crippen LogP contribution in [-0.4, -0.2) is 21.6 Å². The Bertz CT molecular complexity index is 675. The monoisotopic (exact) mass is 306 g/mol. The Morgan fingerprint density at radius 2 is 1.86 bits per heavy atom. The molecule has 1 heterocycles. The van der Waals surface area contributed by atoms with E-state index in [9.17, 15) is 9.59 Å². The second kappa shape index (κ2) is 6.01. The summed E-state index contributed by atoms with van der Waals surface area (Å²) < 4.78 is 1.78. The molecule has 2 aromatic rings. The van der Waals surface area contributed by atoms with E-state index in [-0.39, 0.29) is 17.5 Å². The first-order valence-electron chi connectivity index (χ1n) is 6.40. The number of benzene rings is 1. The number of aromatic nitrogens is 1. The van der Waals surface area contributed by atoms with Crippen LogP contribution in [0.1, 0.15) is 40.7 Å². The van der Waals surface area contributed by atoms with Gasteiger partial charge < -0.3 is 15.0 Å². The minimum absolute atomic E-state index is 0.104. The van der Waals surface area contributed by atoms with Crippen molar-refractivity contribution in [2.24, 2.45) is 0 Å². The van der Waals surface area contributed by atoms with Crippen LogP contribution >= 0.6 is 11.6 Å². The highest BCUT2D eigenvalue weighted by Crippen LogP contribution is 2.20. The predicted octanol–water partition coefficient (Wildman–Crippen LogP) is 3.67. The lowest BCUT2D eigenvalue weighted by Gasteiger charge is -2.12. The standard InChI is InChI=1S/C15H15ClN2O3/c1-9(2)18-8-11(16)7-13(18)14(19)17-12-5-3-10(4-6-12)15(20)21/h3-9H,1-2H3,(H,17,19)(H,20,21). The molecule has 21 heavy (non-hydrogen) atoms. The Kier molecular flexibility index (Phi) is 4.33. The summed E-state index contributed by atoms with van der Waals surface area (Å²) in [5.74, 6) is -1.30. The van der Waals surface area contributed by atoms with Crippen molar-refractivity contribution in [2.45, 2.75) is 19.9 Å². The molecule has 0 saturated carbocycles. The molecule has 0 bridgehead atoms. The maximum Gasteiger partial charge on any atom is 0.335 e. The van der Waals surface area contributed by atoms with E-state index in [0.717, 1.165) is 0 Å². The maximum absolute atomic E-state index is 12.3. The molecule has 110 valence electrons. The van der Waals surface area contributed by atoms with E-state index in [1.165, 1.54) is 12.1 Å². The first-order valence-corrected chi connectivity index (χ1v) is 6.78. The van der Waals surface area contributed by atoms with Crippen LogP contribution in [0, 0.1) is 0 Å². The first kappa shape index (κ1) is 15.1. The quantitative estimate of drug-likeness (QED) is 0.905. The van der Waals surface area contributed by atoms with Crippen molar-refractivity contribution >= 4 is 29.2 Å². The Balaban J connectivity index is 2.20. The minimum Gasteiger partial charge on any atom is -0.478 e. The first-order chi connectivity index (χ1) is 9.88. The lowest BCUT2D eigenvalue weighted by Crippen LogP contribution is -2.17. The van der Waals surface area contributed by atoms with E-state index >= 15 is 0 Å². The van der Waals surface area contributed by atoms with Gasteiger partial charge in [0.15, 0.2) is 0 Å². The van der Waals surface area contributed by atoms with Gasteiger partial charge in [-0.05, 0) is 44.2 Å². The number of carbonyl (C=O) groups is 2. The number of hydrogen-bond acceptors (Lipinski definition) is 2. The zero-order valence-corrected chi connectivity index (χ0v) is 12.4. The maximum atomic E-state index is 12.3. The van der Waals surface area contributed by atoms with E-state index in [2.05, 4.69) is 5.32 Å². The summed E-state index contributed by atoms with van der Waals surface area (Å²) >= 11 is 5.95. The van der Waals surface area contributed by atoms with Crippen LogP contribution in [0.2, 0.25) is 5.02 Å². The van der Waals surface area contributed by atoms with Gasteiger partial charge >= 0.3 is 5.97 Å². The van der Waals surface area contributed by atoms with Crippen molar-refractivity contribution in [3.05, 3.63) is 52.8 Å². The van der Waals surface area contributed by atoms with Gasteiger partial charge in [-0.3, -0.25) is 4.79 Å². The normalized spacial score (nSPS) is 10.7. The van der Waals surface area contributed by atoms with Crippen molar-refractivity contribution in [1.29, 1.82) is 0 Å². The van der Waals surface area contributed by atoms with E-state index in [0.29, 0.717) is 16.4 Å². The van der Waals surface area contributed by atoms with Crippen molar-refractivity contribution in [1.82, 2.24) is 4.57 Å². The van der Waals surface area contributed by atoms with Gasteiger partial charge in [0.1, 0.15) is 5.69 Å². The molecule has 0 aliphatic heterocycles. The number of aromatic carboxylic acids is 1. The number of anilines is 1. The van der Waals surface area contributed by atoms with Gasteiger partial charge in [-0.1, -0.05) is 11.6 Å². The summed E-state index contributed by atoms with van der Waals surface area (Å²) in [7, 11) is 0. The third kappa shape index (κ3) is 3.44. The fourth-order valence-electron chi connectivity index (χ4n) is 1.95. The van der Waals surface area contributed by atoms with Crippen LogP contribution < -0.4 is 5.32 Å². The molecule has 0 radical (unpaired) electrons. The fraction of sp³-hybridized carbons (Fsp3) is 0.200. The number of carboxylic acid groups (broad SMARTS) is 1. The topological polar surface area (TPSA) is 71.3 Å². The number of nitrogens with zero attached hydrogens (tertiary/aromatic N) is 1. The van der Waals surface area contributed by atoms with Gasteiger partial charge in [0.2, 0.25) is 0 Å². The van der Waals surface area contributed by atoms with E-state index in [1.54, 1.807) is 29.0 Å². The molecule has 6 heteroatoms. The van der Waals surface area contributed by atoms with Crippen LogP contribution in [-0.2, 0) is 0 Å². The van der Waals surface area contributed by atoms with Gasteiger partial charge in [0, 0.05) is 17.9 Å². The van der Waals surface area contributed by atoms with E-state index < -0.39 is 5.97 Å². The highest BCUT2D eigenvalue weighted by Gasteiger charge is 2.15. The van der Waals surface area contributed by atoms with Crippen molar-refractivity contribution in [3.8, 4) is 0 Å². The number of halogens is 1. The molecule has 1 amide bonds. The summed E-state index contributed by atoms with van der Waals surface area (Å²) in [5, 5.41) is 12.0. The average Bonchev–Trinajstić information content (AvgIpc) is 2.82. The molecule has 0 fully saturated rings. The summed E-state index contributed by atoms with van der Waals surface area (Å²) in [6.45, 7) is 3.91. The molecule has 2 rings (SSSR count). The number of hydrogen-bond donors (Lipinski definition) is 2. The predicted molar refractivity (Wildman–Crippen MR) is 81.2 cm³/mol. The molecule has 0 aliphatic carbocycles. The molecule has 0 atom stereocenters. The molecule has 1 aromatic carbocycles. The molecule has 0 aliphatic rings. The molecule has 0 saturated heterocycles. The van der Waals surface area contributed by atoms with Crippen LogP contribution in [0.25, 0.3) is 0 Å². The Morgan fingerprint density at radius 3 is 2.38 bits per heavy atom. The van der Waals surface area contributed by atoms with Crippen LogP contribution in [0.4, 0.5) is 5.69 Å². The van der Waals surface area contributed by atoms with Crippen molar-refractivity contribution in [3.63, 3.8) is 0 Å². The molecule has 1 aromatic heterocycles. The molecule has 0 unspecified atom stereocenters. The van der Waals surface area contributed by atoms with Gasteiger partial charge in [0.25, 0.3) is 5.91 Å². The number of amides is 1. The third-order valence-electron chi connectivity index (χ3n) is 2.99. The van der Waals surface area contributed by atoms with Crippen LogP contribution in [0.15, 0.2) is 36.5 Å². The van der Waals surface area contributed by atoms with E-state index in [1.807, 2.05) is 13.8 Å². The zero-order valence-electron chi connectivity index (χ0n) is 11.6. The molecular weight excluding hydrogens is 292 g/mol. The van der Waals surface area contributed by atoms with Crippen LogP contribution in [0.3, 0.4) is 0 Å². The second-order valence-electron chi connectivity index (χ2n) is 4.88. The van der Waals surface area contributed by atoms with E-state index in [4.69, 9.17) is 16.7 Å². The van der Waals surface area contributed by atoms with Gasteiger partial charge in [-0.25, -0.2) is 4.79 Å². The highest BCUT2D eigenvalue weighted by atomic mass is 35.5. The number of carboxylic acids is 1. The van der Waals surface area contributed by atoms with Gasteiger partial charge in [-0.2, -0.15) is 0 Å². The smallest absolute Gasteiger partial charge is 0.335 e. The zero-order chi connectivity index (χ0) is 15.6. The second-order valence-corrected chi connectivity index (χ2v) is 5.32. The fourth-order valence-corrected chi connectivity index (χ4v) is 2.15. The summed E-state index contributed by atoms with van der Waals surface area (Å²) in [6.07, 6.45) is 1.70. The number of carbonyl (C=O) groups excluding carboxylic acids is 1. The Morgan fingerprint density at radius 1 is 1.24 bits per heavy atom. The van der Waals surface area contributed by atoms with Crippen LogP contribution in [0.5, 0.6) is 0 Å². The van der Waals surface area contributed by atoms with Crippen molar-refractivity contribution < 1.29 is 14.7 Å². The third-order valence-corrected chi connectivity index (χ3v) is 3.20. The Hall–Kier alpha value is -2.27. The lowest BCUT2D eigenvalue weighted by molar-refractivity contribution is 0.0696. The number of rotatable bonds is 4.